The fraction of sp³-hybridized carbons (Fsp3) is 0.467. The van der Waals surface area contributed by atoms with Crippen molar-refractivity contribution in [3.63, 3.8) is 0 Å². The van der Waals surface area contributed by atoms with Crippen molar-refractivity contribution in [3.8, 4) is 0 Å². The predicted octanol–water partition coefficient (Wildman–Crippen LogP) is 0.286. The number of morpholine rings is 1. The molecule has 0 saturated carbocycles. The number of imidazole rings is 1. The van der Waals surface area contributed by atoms with E-state index in [1.165, 1.54) is 0 Å². The molecule has 22 heavy (non-hydrogen) atoms. The predicted molar refractivity (Wildman–Crippen MR) is 81.6 cm³/mol. The summed E-state index contributed by atoms with van der Waals surface area (Å²) < 4.78 is 6.96. The Morgan fingerprint density at radius 3 is 2.95 bits per heavy atom. The van der Waals surface area contributed by atoms with Crippen LogP contribution in [0.1, 0.15) is 16.8 Å². The van der Waals surface area contributed by atoms with E-state index in [0.717, 1.165) is 44.8 Å². The largest absolute Gasteiger partial charge is 0.412 e. The van der Waals surface area contributed by atoms with E-state index in [1.807, 2.05) is 0 Å². The summed E-state index contributed by atoms with van der Waals surface area (Å²) in [5, 5.41) is 0. The molecule has 0 spiro atoms. The molecular weight excluding hydrogens is 284 g/mol. The van der Waals surface area contributed by atoms with Crippen LogP contribution in [-0.2, 0) is 4.74 Å². The van der Waals surface area contributed by atoms with Crippen LogP contribution in [0.4, 0.5) is 0 Å². The van der Waals surface area contributed by atoms with Gasteiger partial charge in [-0.2, -0.15) is 4.73 Å². The lowest BCUT2D eigenvalue weighted by molar-refractivity contribution is 0.0313. The van der Waals surface area contributed by atoms with Crippen LogP contribution in [0.2, 0.25) is 0 Å². The highest BCUT2D eigenvalue weighted by Gasteiger charge is 2.10. The summed E-state index contributed by atoms with van der Waals surface area (Å²) in [6.45, 7) is 5.22. The van der Waals surface area contributed by atoms with E-state index in [-0.39, 0.29) is 0 Å². The first kappa shape index (κ1) is 14.8. The monoisotopic (exact) mass is 304 g/mol. The van der Waals surface area contributed by atoms with Gasteiger partial charge in [-0.25, -0.2) is 4.98 Å². The molecule has 1 aromatic heterocycles. The number of amides is 1. The number of carbonyl (C=O) groups excluding carboxylic acids is 1. The van der Waals surface area contributed by atoms with Gasteiger partial charge in [-0.1, -0.05) is 0 Å². The van der Waals surface area contributed by atoms with Crippen molar-refractivity contribution in [1.29, 1.82) is 0 Å². The molecule has 1 fully saturated rings. The highest BCUT2D eigenvalue weighted by atomic mass is 16.7. The Hall–Kier alpha value is -2.12. The zero-order valence-electron chi connectivity index (χ0n) is 12.4. The third kappa shape index (κ3) is 3.37. The first-order valence-corrected chi connectivity index (χ1v) is 7.44. The second kappa shape index (κ2) is 6.76. The van der Waals surface area contributed by atoms with Gasteiger partial charge < -0.3 is 15.3 Å². The van der Waals surface area contributed by atoms with Crippen molar-refractivity contribution in [2.45, 2.75) is 6.42 Å². The molecule has 2 heterocycles. The number of nitrogens with zero attached hydrogens (tertiary/aromatic N) is 3. The van der Waals surface area contributed by atoms with Gasteiger partial charge in [0.15, 0.2) is 0 Å². The first-order chi connectivity index (χ1) is 10.7. The topological polar surface area (TPSA) is 82.6 Å². The minimum absolute atomic E-state index is 0.449. The summed E-state index contributed by atoms with van der Waals surface area (Å²) in [5.41, 5.74) is 7.24. The van der Waals surface area contributed by atoms with Crippen molar-refractivity contribution in [2.75, 3.05) is 39.5 Å². The molecule has 0 bridgehead atoms. The molecule has 1 aromatic carbocycles. The number of nitrogens with two attached hydrogens (primary N) is 1. The number of hydrogen-bond acceptors (Lipinski definition) is 5. The minimum Gasteiger partial charge on any atom is -0.412 e. The molecule has 2 N–H and O–H groups in total. The molecule has 2 aromatic rings. The lowest BCUT2D eigenvalue weighted by atomic mass is 10.2. The normalized spacial score (nSPS) is 16.0. The summed E-state index contributed by atoms with van der Waals surface area (Å²) in [6, 6.07) is 5.15. The molecule has 0 unspecified atom stereocenters. The maximum absolute atomic E-state index is 11.2. The third-order valence-electron chi connectivity index (χ3n) is 3.75. The van der Waals surface area contributed by atoms with Crippen LogP contribution in [0.15, 0.2) is 24.5 Å². The van der Waals surface area contributed by atoms with Crippen LogP contribution < -0.4 is 10.6 Å². The number of benzene rings is 1. The van der Waals surface area contributed by atoms with Gasteiger partial charge in [0, 0.05) is 25.2 Å². The number of aromatic nitrogens is 2. The Labute approximate surface area is 128 Å². The van der Waals surface area contributed by atoms with E-state index in [9.17, 15) is 4.79 Å². The summed E-state index contributed by atoms with van der Waals surface area (Å²) in [6.07, 6.45) is 2.56. The van der Waals surface area contributed by atoms with Crippen molar-refractivity contribution in [3.05, 3.63) is 30.1 Å². The number of fused-ring (bicyclic) bond motifs is 1. The number of rotatable bonds is 6. The van der Waals surface area contributed by atoms with Gasteiger partial charge in [0.05, 0.1) is 18.7 Å². The van der Waals surface area contributed by atoms with Crippen LogP contribution in [0.5, 0.6) is 0 Å². The molecule has 1 amide bonds. The van der Waals surface area contributed by atoms with Gasteiger partial charge in [-0.05, 0) is 24.6 Å². The minimum atomic E-state index is -0.456. The SMILES string of the molecule is NC(=O)c1ccc2c(c1)ncn2OCCCN1CCOCC1. The fourth-order valence-electron chi connectivity index (χ4n) is 2.52. The van der Waals surface area contributed by atoms with Crippen LogP contribution in [0.25, 0.3) is 11.0 Å². The van der Waals surface area contributed by atoms with Crippen molar-refractivity contribution < 1.29 is 14.4 Å². The van der Waals surface area contributed by atoms with Crippen LogP contribution in [0, 0.1) is 0 Å². The van der Waals surface area contributed by atoms with Crippen molar-refractivity contribution in [2.24, 2.45) is 5.73 Å². The summed E-state index contributed by atoms with van der Waals surface area (Å²) >= 11 is 0. The fourth-order valence-corrected chi connectivity index (χ4v) is 2.52. The van der Waals surface area contributed by atoms with E-state index < -0.39 is 5.91 Å². The van der Waals surface area contributed by atoms with Gasteiger partial charge in [-0.15, -0.1) is 0 Å². The molecule has 0 aliphatic carbocycles. The van der Waals surface area contributed by atoms with E-state index in [1.54, 1.807) is 29.3 Å². The van der Waals surface area contributed by atoms with E-state index in [2.05, 4.69) is 9.88 Å². The Morgan fingerprint density at radius 1 is 1.36 bits per heavy atom. The molecule has 7 heteroatoms. The van der Waals surface area contributed by atoms with Crippen molar-refractivity contribution in [1.82, 2.24) is 14.6 Å². The molecule has 1 saturated heterocycles. The number of carbonyl (C=O) groups is 1. The molecule has 3 rings (SSSR count). The molecule has 118 valence electrons. The maximum Gasteiger partial charge on any atom is 0.248 e. The first-order valence-electron chi connectivity index (χ1n) is 7.44. The summed E-state index contributed by atoms with van der Waals surface area (Å²) in [7, 11) is 0. The smallest absolute Gasteiger partial charge is 0.248 e. The Bertz CT molecular complexity index is 649. The Morgan fingerprint density at radius 2 is 2.18 bits per heavy atom. The standard InChI is InChI=1S/C15H20N4O3/c16-15(20)12-2-3-14-13(10-12)17-11-19(14)22-7-1-4-18-5-8-21-9-6-18/h2-3,10-11H,1,4-9H2,(H2,16,20). The molecule has 7 nitrogen and oxygen atoms in total. The Balaban J connectivity index is 1.54. The van der Waals surface area contributed by atoms with E-state index in [0.29, 0.717) is 17.7 Å². The molecular formula is C15H20N4O3. The second-order valence-corrected chi connectivity index (χ2v) is 5.28. The second-order valence-electron chi connectivity index (χ2n) is 5.28. The lowest BCUT2D eigenvalue weighted by Crippen LogP contribution is -2.37. The van der Waals surface area contributed by atoms with E-state index in [4.69, 9.17) is 15.3 Å². The summed E-state index contributed by atoms with van der Waals surface area (Å²) in [5.74, 6) is -0.456. The molecule has 1 aliphatic heterocycles. The maximum atomic E-state index is 11.2. The number of primary amides is 1. The molecule has 1 aliphatic rings. The van der Waals surface area contributed by atoms with Gasteiger partial charge in [-0.3, -0.25) is 9.69 Å². The van der Waals surface area contributed by atoms with Gasteiger partial charge in [0.2, 0.25) is 5.91 Å². The van der Waals surface area contributed by atoms with E-state index >= 15 is 0 Å². The van der Waals surface area contributed by atoms with Gasteiger partial charge >= 0.3 is 0 Å². The lowest BCUT2D eigenvalue weighted by Gasteiger charge is -2.26. The zero-order chi connectivity index (χ0) is 15.4. The highest BCUT2D eigenvalue weighted by Crippen LogP contribution is 2.13. The van der Waals surface area contributed by atoms with Crippen LogP contribution in [-0.4, -0.2) is 60.0 Å². The average Bonchev–Trinajstić information content (AvgIpc) is 2.95. The number of hydrogen-bond donors (Lipinski definition) is 1. The van der Waals surface area contributed by atoms with Crippen LogP contribution >= 0.6 is 0 Å². The van der Waals surface area contributed by atoms with Gasteiger partial charge in [0.25, 0.3) is 0 Å². The average molecular weight is 304 g/mol. The molecule has 0 atom stereocenters. The zero-order valence-corrected chi connectivity index (χ0v) is 12.4. The van der Waals surface area contributed by atoms with Crippen LogP contribution in [0.3, 0.4) is 0 Å². The molecule has 0 radical (unpaired) electrons. The summed E-state index contributed by atoms with van der Waals surface area (Å²) in [4.78, 5) is 23.5. The number of ether oxygens (including phenoxy) is 1. The Kier molecular flexibility index (Phi) is 4.55. The quantitative estimate of drug-likeness (QED) is 0.775. The third-order valence-corrected chi connectivity index (χ3v) is 3.75. The van der Waals surface area contributed by atoms with Crippen molar-refractivity contribution >= 4 is 16.9 Å². The van der Waals surface area contributed by atoms with Gasteiger partial charge in [0.1, 0.15) is 18.5 Å². The highest BCUT2D eigenvalue weighted by molar-refractivity contribution is 5.96.